The number of hydrogen-bond acceptors (Lipinski definition) is 1. The third-order valence-corrected chi connectivity index (χ3v) is 2.69. The van der Waals surface area contributed by atoms with Gasteiger partial charge in [0.25, 0.3) is 0 Å². The van der Waals surface area contributed by atoms with Gasteiger partial charge in [-0.3, -0.25) is 0 Å². The van der Waals surface area contributed by atoms with Gasteiger partial charge in [0, 0.05) is 12.2 Å². The molecule has 0 amide bonds. The lowest BCUT2D eigenvalue weighted by Gasteiger charge is -2.29. The number of aryl methyl sites for hydroxylation is 1. The predicted octanol–water partition coefficient (Wildman–Crippen LogP) is 2.36. The van der Waals surface area contributed by atoms with E-state index in [2.05, 4.69) is 34.0 Å². The molecule has 0 atom stereocenters. The molecule has 0 spiro atoms. The fourth-order valence-electron chi connectivity index (χ4n) is 2.01. The van der Waals surface area contributed by atoms with E-state index in [1.54, 1.807) is 0 Å². The summed E-state index contributed by atoms with van der Waals surface area (Å²) in [4.78, 5) is 5.74. The quantitative estimate of drug-likeness (QED) is 0.643. The summed E-state index contributed by atoms with van der Waals surface area (Å²) in [5.74, 6) is 0. The Hall–Kier alpha value is -1.49. The first-order valence-electron chi connectivity index (χ1n) is 5.08. The number of benzene rings is 1. The van der Waals surface area contributed by atoms with E-state index in [4.69, 9.17) is 6.57 Å². The third-order valence-electron chi connectivity index (χ3n) is 2.69. The summed E-state index contributed by atoms with van der Waals surface area (Å²) < 4.78 is 0. The Morgan fingerprint density at radius 2 is 2.21 bits per heavy atom. The van der Waals surface area contributed by atoms with Crippen LogP contribution in [0.15, 0.2) is 24.3 Å². The summed E-state index contributed by atoms with van der Waals surface area (Å²) in [5, 5.41) is 0. The fourth-order valence-corrected chi connectivity index (χ4v) is 2.01. The number of fused-ring (bicyclic) bond motifs is 1. The molecule has 0 N–H and O–H groups in total. The van der Waals surface area contributed by atoms with E-state index >= 15 is 0 Å². The Morgan fingerprint density at radius 3 is 3.07 bits per heavy atom. The highest BCUT2D eigenvalue weighted by Crippen LogP contribution is 2.25. The van der Waals surface area contributed by atoms with Gasteiger partial charge in [-0.15, -0.1) is 0 Å². The van der Waals surface area contributed by atoms with Crippen LogP contribution in [0.3, 0.4) is 0 Å². The van der Waals surface area contributed by atoms with Gasteiger partial charge in [-0.05, 0) is 24.5 Å². The minimum Gasteiger partial charge on any atom is -0.364 e. The summed E-state index contributed by atoms with van der Waals surface area (Å²) in [6.45, 7) is 9.39. The van der Waals surface area contributed by atoms with Crippen molar-refractivity contribution in [2.75, 3.05) is 24.5 Å². The molecule has 1 aromatic carbocycles. The van der Waals surface area contributed by atoms with E-state index in [-0.39, 0.29) is 0 Å². The first kappa shape index (κ1) is 9.08. The van der Waals surface area contributed by atoms with Crippen molar-refractivity contribution in [3.63, 3.8) is 0 Å². The molecule has 1 aliphatic heterocycles. The van der Waals surface area contributed by atoms with E-state index in [0.717, 1.165) is 13.1 Å². The zero-order valence-electron chi connectivity index (χ0n) is 8.24. The molecule has 0 saturated carbocycles. The molecule has 14 heavy (non-hydrogen) atoms. The Labute approximate surface area is 85.0 Å². The van der Waals surface area contributed by atoms with E-state index in [9.17, 15) is 0 Å². The Kier molecular flexibility index (Phi) is 2.69. The molecule has 0 radical (unpaired) electrons. The van der Waals surface area contributed by atoms with Crippen LogP contribution in [0, 0.1) is 6.57 Å². The predicted molar refractivity (Wildman–Crippen MR) is 58.4 cm³/mol. The van der Waals surface area contributed by atoms with Gasteiger partial charge in [0.2, 0.25) is 6.54 Å². The molecular weight excluding hydrogens is 172 g/mol. The highest BCUT2D eigenvalue weighted by molar-refractivity contribution is 5.55. The number of anilines is 1. The van der Waals surface area contributed by atoms with Crippen molar-refractivity contribution in [1.29, 1.82) is 0 Å². The van der Waals surface area contributed by atoms with Crippen molar-refractivity contribution in [2.24, 2.45) is 0 Å². The summed E-state index contributed by atoms with van der Waals surface area (Å²) in [6, 6.07) is 8.53. The summed E-state index contributed by atoms with van der Waals surface area (Å²) in [7, 11) is 0. The van der Waals surface area contributed by atoms with Gasteiger partial charge in [0.15, 0.2) is 0 Å². The van der Waals surface area contributed by atoms with Crippen LogP contribution < -0.4 is 4.90 Å². The Morgan fingerprint density at radius 1 is 1.36 bits per heavy atom. The zero-order chi connectivity index (χ0) is 9.80. The topological polar surface area (TPSA) is 7.60 Å². The van der Waals surface area contributed by atoms with Crippen molar-refractivity contribution >= 4 is 5.69 Å². The number of para-hydroxylation sites is 1. The molecule has 2 nitrogen and oxygen atoms in total. The van der Waals surface area contributed by atoms with Gasteiger partial charge in [-0.1, -0.05) is 18.2 Å². The highest BCUT2D eigenvalue weighted by Gasteiger charge is 2.15. The van der Waals surface area contributed by atoms with Crippen LogP contribution in [0.25, 0.3) is 4.85 Å². The van der Waals surface area contributed by atoms with Crippen molar-refractivity contribution in [2.45, 2.75) is 12.8 Å². The maximum atomic E-state index is 6.80. The van der Waals surface area contributed by atoms with Crippen LogP contribution in [0.2, 0.25) is 0 Å². The van der Waals surface area contributed by atoms with E-state index < -0.39 is 0 Å². The molecule has 72 valence electrons. The van der Waals surface area contributed by atoms with Gasteiger partial charge >= 0.3 is 0 Å². The lowest BCUT2D eigenvalue weighted by atomic mass is 10.0. The van der Waals surface area contributed by atoms with E-state index in [1.165, 1.54) is 24.1 Å². The lowest BCUT2D eigenvalue weighted by molar-refractivity contribution is 0.703. The van der Waals surface area contributed by atoms with Crippen molar-refractivity contribution in [1.82, 2.24) is 0 Å². The maximum Gasteiger partial charge on any atom is 0.231 e. The van der Waals surface area contributed by atoms with Crippen molar-refractivity contribution in [3.05, 3.63) is 41.2 Å². The standard InChI is InChI=1S/C12H14N2/c1-13-8-10-14-9-4-6-11-5-2-3-7-12(11)14/h2-3,5,7H,4,6,8-10H2. The van der Waals surface area contributed by atoms with Crippen LogP contribution >= 0.6 is 0 Å². The molecule has 1 aromatic rings. The third kappa shape index (κ3) is 1.72. The molecule has 0 unspecified atom stereocenters. The largest absolute Gasteiger partial charge is 0.364 e. The lowest BCUT2D eigenvalue weighted by Crippen LogP contribution is -2.31. The molecule has 2 rings (SSSR count). The second-order valence-corrected chi connectivity index (χ2v) is 3.60. The molecule has 0 fully saturated rings. The van der Waals surface area contributed by atoms with Gasteiger partial charge < -0.3 is 9.74 Å². The zero-order valence-corrected chi connectivity index (χ0v) is 8.24. The van der Waals surface area contributed by atoms with Gasteiger partial charge in [-0.25, -0.2) is 6.57 Å². The minimum atomic E-state index is 0.605. The first-order chi connectivity index (χ1) is 6.92. The molecule has 0 saturated heterocycles. The Balaban J connectivity index is 2.18. The Bertz CT molecular complexity index is 352. The van der Waals surface area contributed by atoms with Crippen LogP contribution in [0.4, 0.5) is 5.69 Å². The minimum absolute atomic E-state index is 0.605. The van der Waals surface area contributed by atoms with Crippen LogP contribution in [0.5, 0.6) is 0 Å². The normalized spacial score (nSPS) is 14.6. The average molecular weight is 186 g/mol. The highest BCUT2D eigenvalue weighted by atomic mass is 15.1. The molecule has 1 heterocycles. The molecular formula is C12H14N2. The van der Waals surface area contributed by atoms with Crippen molar-refractivity contribution < 1.29 is 0 Å². The summed E-state index contributed by atoms with van der Waals surface area (Å²) in [5.41, 5.74) is 2.77. The number of hydrogen-bond donors (Lipinski definition) is 0. The number of nitrogens with zero attached hydrogens (tertiary/aromatic N) is 2. The molecule has 1 aliphatic rings. The molecule has 0 bridgehead atoms. The summed E-state index contributed by atoms with van der Waals surface area (Å²) in [6.07, 6.45) is 2.40. The van der Waals surface area contributed by atoms with Gasteiger partial charge in [-0.2, -0.15) is 0 Å². The van der Waals surface area contributed by atoms with Crippen LogP contribution in [0.1, 0.15) is 12.0 Å². The average Bonchev–Trinajstić information content (AvgIpc) is 2.26. The smallest absolute Gasteiger partial charge is 0.231 e. The van der Waals surface area contributed by atoms with E-state index in [0.29, 0.717) is 6.54 Å². The van der Waals surface area contributed by atoms with E-state index in [1.807, 2.05) is 0 Å². The molecule has 0 aliphatic carbocycles. The molecule has 2 heteroatoms. The van der Waals surface area contributed by atoms with Gasteiger partial charge in [0.05, 0.1) is 6.54 Å². The summed E-state index contributed by atoms with van der Waals surface area (Å²) >= 11 is 0. The fraction of sp³-hybridized carbons (Fsp3) is 0.417. The second kappa shape index (κ2) is 4.15. The molecule has 0 aromatic heterocycles. The monoisotopic (exact) mass is 186 g/mol. The second-order valence-electron chi connectivity index (χ2n) is 3.60. The van der Waals surface area contributed by atoms with Crippen molar-refractivity contribution in [3.8, 4) is 0 Å². The van der Waals surface area contributed by atoms with Crippen LogP contribution in [-0.4, -0.2) is 19.6 Å². The van der Waals surface area contributed by atoms with Crippen LogP contribution in [-0.2, 0) is 6.42 Å². The first-order valence-corrected chi connectivity index (χ1v) is 5.08. The van der Waals surface area contributed by atoms with Gasteiger partial charge in [0.1, 0.15) is 0 Å². The SMILES string of the molecule is [C-]#[N+]CCN1CCCc2ccccc21. The maximum absolute atomic E-state index is 6.80. The number of rotatable bonds is 2.